The fourth-order valence-electron chi connectivity index (χ4n) is 2.68. The summed E-state index contributed by atoms with van der Waals surface area (Å²) >= 11 is 0. The molecule has 0 spiro atoms. The molecule has 1 N–H and O–H groups in total. The molecule has 3 heterocycles. The van der Waals surface area contributed by atoms with E-state index in [0.717, 1.165) is 18.8 Å². The number of carbonyl (C=O) groups excluding carboxylic acids is 2. The summed E-state index contributed by atoms with van der Waals surface area (Å²) in [5.74, 6) is 1.05. The molecule has 3 rings (SSSR count). The molecule has 128 valence electrons. The molecule has 2 aromatic rings. The number of hydrogen-bond donors (Lipinski definition) is 1. The van der Waals surface area contributed by atoms with Crippen molar-refractivity contribution in [3.05, 3.63) is 48.3 Å². The second kappa shape index (κ2) is 7.83. The molecule has 0 aliphatic carbocycles. The number of nitrogens with zero attached hydrogens (tertiary/aromatic N) is 2. The maximum atomic E-state index is 12.2. The molecule has 1 aliphatic heterocycles. The summed E-state index contributed by atoms with van der Waals surface area (Å²) in [4.78, 5) is 28.0. The summed E-state index contributed by atoms with van der Waals surface area (Å²) in [5, 5.41) is 2.83. The van der Waals surface area contributed by atoms with Gasteiger partial charge in [-0.2, -0.15) is 0 Å². The normalized spacial score (nSPS) is 15.4. The third kappa shape index (κ3) is 4.26. The zero-order valence-electron chi connectivity index (χ0n) is 13.4. The molecule has 2 amide bonds. The van der Waals surface area contributed by atoms with Gasteiger partial charge in [-0.3, -0.25) is 14.5 Å². The van der Waals surface area contributed by atoms with E-state index < -0.39 is 0 Å². The summed E-state index contributed by atoms with van der Waals surface area (Å²) in [6.45, 7) is 3.92. The van der Waals surface area contributed by atoms with Crippen molar-refractivity contribution in [2.45, 2.75) is 13.0 Å². The van der Waals surface area contributed by atoms with Gasteiger partial charge in [-0.25, -0.2) is 0 Å². The van der Waals surface area contributed by atoms with E-state index in [9.17, 15) is 9.59 Å². The molecule has 7 heteroatoms. The predicted octanol–water partition coefficient (Wildman–Crippen LogP) is 1.34. The third-order valence-electron chi connectivity index (χ3n) is 4.09. The van der Waals surface area contributed by atoms with Gasteiger partial charge < -0.3 is 19.1 Å². The van der Waals surface area contributed by atoms with Crippen LogP contribution in [0.1, 0.15) is 22.7 Å². The molecule has 7 nitrogen and oxygen atoms in total. The van der Waals surface area contributed by atoms with E-state index in [1.165, 1.54) is 6.26 Å². The number of furan rings is 2. The Morgan fingerprint density at radius 3 is 2.46 bits per heavy atom. The van der Waals surface area contributed by atoms with Gasteiger partial charge in [0.1, 0.15) is 5.76 Å². The van der Waals surface area contributed by atoms with Crippen LogP contribution in [0.2, 0.25) is 0 Å². The highest BCUT2D eigenvalue weighted by molar-refractivity contribution is 5.91. The van der Waals surface area contributed by atoms with Crippen molar-refractivity contribution in [1.82, 2.24) is 15.1 Å². The number of nitrogens with one attached hydrogen (secondary N) is 1. The topological polar surface area (TPSA) is 78.9 Å². The zero-order chi connectivity index (χ0) is 16.8. The average Bonchev–Trinajstić information content (AvgIpc) is 3.31. The molecule has 1 fully saturated rings. The first-order valence-electron chi connectivity index (χ1n) is 8.06. The van der Waals surface area contributed by atoms with Crippen LogP contribution in [-0.2, 0) is 11.3 Å². The molecule has 0 radical (unpaired) electrons. The monoisotopic (exact) mass is 331 g/mol. The van der Waals surface area contributed by atoms with Crippen LogP contribution >= 0.6 is 0 Å². The van der Waals surface area contributed by atoms with Gasteiger partial charge in [-0.05, 0) is 24.3 Å². The van der Waals surface area contributed by atoms with Crippen molar-refractivity contribution in [3.8, 4) is 0 Å². The Hall–Kier alpha value is -2.54. The molecule has 24 heavy (non-hydrogen) atoms. The Morgan fingerprint density at radius 1 is 1.04 bits per heavy atom. The second-order valence-corrected chi connectivity index (χ2v) is 5.72. The van der Waals surface area contributed by atoms with Gasteiger partial charge in [0.05, 0.1) is 19.1 Å². The van der Waals surface area contributed by atoms with Crippen LogP contribution in [0, 0.1) is 0 Å². The van der Waals surface area contributed by atoms with Crippen LogP contribution in [0.3, 0.4) is 0 Å². The van der Waals surface area contributed by atoms with Crippen molar-refractivity contribution < 1.29 is 18.4 Å². The van der Waals surface area contributed by atoms with E-state index in [-0.39, 0.29) is 11.8 Å². The first kappa shape index (κ1) is 16.3. The van der Waals surface area contributed by atoms with E-state index >= 15 is 0 Å². The Labute approximate surface area is 140 Å². The van der Waals surface area contributed by atoms with E-state index in [1.807, 2.05) is 6.07 Å². The largest absolute Gasteiger partial charge is 0.467 e. The van der Waals surface area contributed by atoms with Crippen molar-refractivity contribution in [1.29, 1.82) is 0 Å². The van der Waals surface area contributed by atoms with Gasteiger partial charge >= 0.3 is 0 Å². The summed E-state index contributed by atoms with van der Waals surface area (Å²) in [6.07, 6.45) is 3.53. The van der Waals surface area contributed by atoms with Gasteiger partial charge in [0, 0.05) is 39.1 Å². The highest BCUT2D eigenvalue weighted by Gasteiger charge is 2.23. The predicted molar refractivity (Wildman–Crippen MR) is 86.2 cm³/mol. The lowest BCUT2D eigenvalue weighted by molar-refractivity contribution is -0.121. The molecule has 0 aromatic carbocycles. The van der Waals surface area contributed by atoms with Gasteiger partial charge in [-0.1, -0.05) is 0 Å². The first-order valence-corrected chi connectivity index (χ1v) is 8.06. The third-order valence-corrected chi connectivity index (χ3v) is 4.09. The van der Waals surface area contributed by atoms with Gasteiger partial charge in [0.2, 0.25) is 5.91 Å². The molecule has 0 unspecified atom stereocenters. The van der Waals surface area contributed by atoms with Crippen LogP contribution in [0.4, 0.5) is 0 Å². The van der Waals surface area contributed by atoms with Gasteiger partial charge in [0.25, 0.3) is 5.91 Å². The fourth-order valence-corrected chi connectivity index (χ4v) is 2.68. The Kier molecular flexibility index (Phi) is 5.32. The number of carbonyl (C=O) groups is 2. The van der Waals surface area contributed by atoms with Crippen molar-refractivity contribution in [3.63, 3.8) is 0 Å². The van der Waals surface area contributed by atoms with Crippen LogP contribution in [0.5, 0.6) is 0 Å². The average molecular weight is 331 g/mol. The minimum absolute atomic E-state index is 0.000455. The summed E-state index contributed by atoms with van der Waals surface area (Å²) in [5.41, 5.74) is 0. The molecule has 0 atom stereocenters. The second-order valence-electron chi connectivity index (χ2n) is 5.72. The number of piperazine rings is 1. The van der Waals surface area contributed by atoms with Crippen molar-refractivity contribution in [2.24, 2.45) is 0 Å². The zero-order valence-corrected chi connectivity index (χ0v) is 13.4. The Morgan fingerprint density at radius 2 is 1.79 bits per heavy atom. The molecule has 1 aliphatic rings. The lowest BCUT2D eigenvalue weighted by atomic mass is 10.2. The molecular weight excluding hydrogens is 310 g/mol. The summed E-state index contributed by atoms with van der Waals surface area (Å²) in [7, 11) is 0. The maximum Gasteiger partial charge on any atom is 0.289 e. The minimum atomic E-state index is -0.0733. The van der Waals surface area contributed by atoms with Crippen LogP contribution < -0.4 is 5.32 Å². The number of hydrogen-bond acceptors (Lipinski definition) is 5. The van der Waals surface area contributed by atoms with E-state index in [1.54, 1.807) is 29.4 Å². The molecule has 2 aromatic heterocycles. The van der Waals surface area contributed by atoms with E-state index in [0.29, 0.717) is 38.4 Å². The van der Waals surface area contributed by atoms with Gasteiger partial charge in [-0.15, -0.1) is 0 Å². The molecule has 1 saturated heterocycles. The highest BCUT2D eigenvalue weighted by Crippen LogP contribution is 2.09. The smallest absolute Gasteiger partial charge is 0.289 e. The summed E-state index contributed by atoms with van der Waals surface area (Å²) in [6, 6.07) is 7.02. The number of rotatable bonds is 6. The van der Waals surface area contributed by atoms with E-state index in [2.05, 4.69) is 10.2 Å². The molecular formula is C17H21N3O4. The lowest BCUT2D eigenvalue weighted by Gasteiger charge is -2.34. The summed E-state index contributed by atoms with van der Waals surface area (Å²) < 4.78 is 10.3. The molecule has 0 bridgehead atoms. The Bertz CT molecular complexity index is 643. The van der Waals surface area contributed by atoms with Crippen molar-refractivity contribution in [2.75, 3.05) is 32.7 Å². The van der Waals surface area contributed by atoms with E-state index in [4.69, 9.17) is 8.83 Å². The van der Waals surface area contributed by atoms with Crippen molar-refractivity contribution >= 4 is 11.8 Å². The van der Waals surface area contributed by atoms with Crippen LogP contribution in [0.25, 0.3) is 0 Å². The minimum Gasteiger partial charge on any atom is -0.467 e. The maximum absolute atomic E-state index is 12.2. The fraction of sp³-hybridized carbons (Fsp3) is 0.412. The van der Waals surface area contributed by atoms with Gasteiger partial charge in [0.15, 0.2) is 5.76 Å². The SMILES string of the molecule is O=C(CCN1CCN(C(=O)c2ccco2)CC1)NCc1ccco1. The van der Waals surface area contributed by atoms with Crippen LogP contribution in [0.15, 0.2) is 45.6 Å². The lowest BCUT2D eigenvalue weighted by Crippen LogP contribution is -2.49. The number of amides is 2. The van der Waals surface area contributed by atoms with Crippen LogP contribution in [-0.4, -0.2) is 54.3 Å². The quantitative estimate of drug-likeness (QED) is 0.864. The first-order chi connectivity index (χ1) is 11.7. The highest BCUT2D eigenvalue weighted by atomic mass is 16.3. The molecule has 0 saturated carbocycles. The Balaban J connectivity index is 1.35. The standard InChI is InChI=1S/C17H21N3O4/c21-16(18-13-14-3-1-11-23-14)5-6-19-7-9-20(10-8-19)17(22)15-4-2-12-24-15/h1-4,11-12H,5-10,13H2,(H,18,21).